The molecular formula is C11H18N4O4SY-2. The number of hydrogen-bond acceptors (Lipinski definition) is 7. The summed E-state index contributed by atoms with van der Waals surface area (Å²) in [6.45, 7) is -0.155. The minimum absolute atomic E-state index is 0. The van der Waals surface area contributed by atoms with Gasteiger partial charge in [0.1, 0.15) is 0 Å². The Morgan fingerprint density at radius 2 is 1.76 bits per heavy atom. The topological polar surface area (TPSA) is 130 Å². The van der Waals surface area contributed by atoms with E-state index in [-0.39, 0.29) is 90.4 Å². The molecule has 0 spiro atoms. The molecule has 1 radical (unpaired) electrons. The van der Waals surface area contributed by atoms with E-state index in [0.717, 1.165) is 0 Å². The maximum absolute atomic E-state index is 11.6. The second-order valence-electron chi connectivity index (χ2n) is 4.24. The van der Waals surface area contributed by atoms with Gasteiger partial charge < -0.3 is 40.0 Å². The first-order valence-electron chi connectivity index (χ1n) is 5.95. The second-order valence-corrected chi connectivity index (χ2v) is 4.24. The molecule has 10 heteroatoms. The third-order valence-corrected chi connectivity index (χ3v) is 2.72. The number of ketones is 1. The van der Waals surface area contributed by atoms with E-state index in [4.69, 9.17) is 5.73 Å². The molecule has 21 heavy (non-hydrogen) atoms. The van der Waals surface area contributed by atoms with Gasteiger partial charge in [-0.05, 0) is 0 Å². The minimum Gasteiger partial charge on any atom is -0.813 e. The average molecular weight is 391 g/mol. The van der Waals surface area contributed by atoms with Crippen LogP contribution in [0.2, 0.25) is 0 Å². The SMILES string of the molecule is NC1CC(=O)NCNC(=O)CCC([C-]=O)NCC1=O.[SH-].[Y]. The molecule has 117 valence electrons. The fourth-order valence-corrected chi connectivity index (χ4v) is 1.55. The number of nitrogens with two attached hydrogens (primary N) is 1. The summed E-state index contributed by atoms with van der Waals surface area (Å²) >= 11 is 0. The van der Waals surface area contributed by atoms with Gasteiger partial charge in [-0.15, -0.1) is 0 Å². The number of carbonyl (C=O) groups excluding carboxylic acids is 4. The molecule has 2 amide bonds. The van der Waals surface area contributed by atoms with E-state index in [0.29, 0.717) is 0 Å². The van der Waals surface area contributed by atoms with E-state index in [1.165, 1.54) is 0 Å². The van der Waals surface area contributed by atoms with Crippen LogP contribution in [0.3, 0.4) is 0 Å². The Hall–Kier alpha value is -0.346. The Morgan fingerprint density at radius 1 is 1.14 bits per heavy atom. The van der Waals surface area contributed by atoms with Crippen molar-refractivity contribution in [2.24, 2.45) is 5.73 Å². The second kappa shape index (κ2) is 12.2. The van der Waals surface area contributed by atoms with Crippen LogP contribution in [-0.4, -0.2) is 49.2 Å². The maximum atomic E-state index is 11.6. The summed E-state index contributed by atoms with van der Waals surface area (Å²) in [4.78, 5) is 45.0. The van der Waals surface area contributed by atoms with Crippen molar-refractivity contribution in [2.45, 2.75) is 31.3 Å². The number of thiol groups is 1. The summed E-state index contributed by atoms with van der Waals surface area (Å²) < 4.78 is 0. The van der Waals surface area contributed by atoms with Gasteiger partial charge in [-0.25, -0.2) is 6.29 Å². The number of Topliss-reactive ketones (excluding diaryl/α,β-unsaturated/α-hetero) is 1. The van der Waals surface area contributed by atoms with Crippen molar-refractivity contribution in [3.63, 3.8) is 0 Å². The zero-order valence-corrected chi connectivity index (χ0v) is 15.2. The van der Waals surface area contributed by atoms with Crippen molar-refractivity contribution in [1.29, 1.82) is 0 Å². The van der Waals surface area contributed by atoms with Crippen molar-refractivity contribution < 1.29 is 51.9 Å². The molecule has 0 aromatic heterocycles. The Kier molecular flexibility index (Phi) is 13.3. The monoisotopic (exact) mass is 391 g/mol. The first-order chi connectivity index (χ1) is 9.02. The molecule has 1 heterocycles. The van der Waals surface area contributed by atoms with Crippen LogP contribution < -0.4 is 21.7 Å². The summed E-state index contributed by atoms with van der Waals surface area (Å²) in [5.74, 6) is -1.08. The van der Waals surface area contributed by atoms with Gasteiger partial charge >= 0.3 is 0 Å². The van der Waals surface area contributed by atoms with Gasteiger partial charge in [-0.3, -0.25) is 14.4 Å². The number of rotatable bonds is 1. The van der Waals surface area contributed by atoms with E-state index >= 15 is 0 Å². The Balaban J connectivity index is 0. The normalized spacial score (nSPS) is 24.7. The minimum atomic E-state index is -0.934. The molecule has 0 aromatic carbocycles. The Bertz CT molecular complexity index is 383. The van der Waals surface area contributed by atoms with Crippen molar-refractivity contribution >= 4 is 37.4 Å². The molecule has 1 rings (SSSR count). The molecule has 2 atom stereocenters. The first kappa shape index (κ1) is 22.9. The van der Waals surface area contributed by atoms with Crippen molar-refractivity contribution in [2.75, 3.05) is 13.2 Å². The number of hydrogen-bond donors (Lipinski definition) is 4. The predicted molar refractivity (Wildman–Crippen MR) is 74.2 cm³/mol. The third-order valence-electron chi connectivity index (χ3n) is 2.72. The van der Waals surface area contributed by atoms with Gasteiger partial charge in [-0.2, -0.15) is 0 Å². The van der Waals surface area contributed by atoms with Crippen LogP contribution in [0.4, 0.5) is 0 Å². The molecule has 0 saturated carbocycles. The summed E-state index contributed by atoms with van der Waals surface area (Å²) in [6, 6.07) is -1.64. The smallest absolute Gasteiger partial charge is 0.223 e. The van der Waals surface area contributed by atoms with Crippen molar-refractivity contribution in [1.82, 2.24) is 16.0 Å². The first-order valence-corrected chi connectivity index (χ1v) is 5.95. The van der Waals surface area contributed by atoms with Crippen LogP contribution in [-0.2, 0) is 65.4 Å². The van der Waals surface area contributed by atoms with Crippen LogP contribution in [0, 0.1) is 0 Å². The molecular weight excluding hydrogens is 373 g/mol. The largest absolute Gasteiger partial charge is 0.813 e. The standard InChI is InChI=1S/C11H17N4O4.H2S.Y/c12-8-3-11(19)15-6-14-10(18)2-1-7(5-16)13-4-9(8)17;;/h7-8,13H,1-4,6,12H2,(H,14,18)(H,15,19);1H2;/q-1;;/p-1. The van der Waals surface area contributed by atoms with Crippen LogP contribution in [0.25, 0.3) is 0 Å². The quantitative estimate of drug-likeness (QED) is 0.214. The maximum Gasteiger partial charge on any atom is 0.223 e. The molecule has 1 aliphatic heterocycles. The average Bonchev–Trinajstić information content (AvgIpc) is 2.38. The number of amides is 2. The van der Waals surface area contributed by atoms with Gasteiger partial charge in [0.15, 0.2) is 5.78 Å². The summed E-state index contributed by atoms with van der Waals surface area (Å²) in [5, 5.41) is 7.55. The molecule has 1 saturated heterocycles. The van der Waals surface area contributed by atoms with Gasteiger partial charge in [0, 0.05) is 45.6 Å². The van der Waals surface area contributed by atoms with Crippen LogP contribution in [0.1, 0.15) is 19.3 Å². The Morgan fingerprint density at radius 3 is 2.38 bits per heavy atom. The van der Waals surface area contributed by atoms with Gasteiger partial charge in [0.05, 0.1) is 19.3 Å². The molecule has 0 aliphatic carbocycles. The number of nitrogens with one attached hydrogen (secondary N) is 3. The zero-order valence-electron chi connectivity index (χ0n) is 11.4. The van der Waals surface area contributed by atoms with E-state index in [1.807, 2.05) is 0 Å². The molecule has 1 aliphatic rings. The van der Waals surface area contributed by atoms with Gasteiger partial charge in [-0.1, -0.05) is 12.5 Å². The number of carbonyl (C=O) groups is 3. The zero-order chi connectivity index (χ0) is 14.3. The molecule has 2 unspecified atom stereocenters. The van der Waals surface area contributed by atoms with Crippen LogP contribution in [0.15, 0.2) is 0 Å². The predicted octanol–water partition coefficient (Wildman–Crippen LogP) is -2.95. The molecule has 0 bridgehead atoms. The summed E-state index contributed by atoms with van der Waals surface area (Å²) in [7, 11) is 0. The molecule has 8 nitrogen and oxygen atoms in total. The molecule has 0 aromatic rings. The Labute approximate surface area is 155 Å². The van der Waals surface area contributed by atoms with Gasteiger partial charge in [0.2, 0.25) is 11.8 Å². The van der Waals surface area contributed by atoms with E-state index < -0.39 is 18.0 Å². The summed E-state index contributed by atoms with van der Waals surface area (Å²) in [5.41, 5.74) is 5.57. The van der Waals surface area contributed by atoms with Crippen LogP contribution >= 0.6 is 0 Å². The fourth-order valence-electron chi connectivity index (χ4n) is 1.55. The van der Waals surface area contributed by atoms with Crippen LogP contribution in [0.5, 0.6) is 0 Å². The van der Waals surface area contributed by atoms with Gasteiger partial charge in [0.25, 0.3) is 0 Å². The van der Waals surface area contributed by atoms with E-state index in [9.17, 15) is 19.2 Å². The van der Waals surface area contributed by atoms with Crippen molar-refractivity contribution in [3.05, 3.63) is 0 Å². The fraction of sp³-hybridized carbons (Fsp3) is 0.636. The third kappa shape index (κ3) is 9.31. The molecule has 5 N–H and O–H groups in total. The van der Waals surface area contributed by atoms with E-state index in [2.05, 4.69) is 16.0 Å². The van der Waals surface area contributed by atoms with Crippen molar-refractivity contribution in [3.8, 4) is 0 Å². The van der Waals surface area contributed by atoms with E-state index in [1.54, 1.807) is 6.29 Å². The summed E-state index contributed by atoms with van der Waals surface area (Å²) in [6.07, 6.45) is 1.89. The molecule has 1 fully saturated rings.